The van der Waals surface area contributed by atoms with Gasteiger partial charge in [-0.3, -0.25) is 0 Å². The molecule has 1 aromatic heterocycles. The number of nitrogens with zero attached hydrogens (tertiary/aromatic N) is 2. The molecule has 2 heterocycles. The highest BCUT2D eigenvalue weighted by atomic mass is 16.4. The summed E-state index contributed by atoms with van der Waals surface area (Å²) >= 11 is 0. The summed E-state index contributed by atoms with van der Waals surface area (Å²) in [6.07, 6.45) is 1.81. The number of piperazine rings is 1. The van der Waals surface area contributed by atoms with Gasteiger partial charge in [0.1, 0.15) is 0 Å². The zero-order chi connectivity index (χ0) is 17.3. The number of hydrogen-bond acceptors (Lipinski definition) is 3. The number of hydrogen-bond donors (Lipinski definition) is 2. The summed E-state index contributed by atoms with van der Waals surface area (Å²) in [7, 11) is 2.09. The van der Waals surface area contributed by atoms with E-state index in [1.165, 1.54) is 16.8 Å². The van der Waals surface area contributed by atoms with E-state index in [1.807, 2.05) is 12.1 Å². The molecule has 0 bridgehead atoms. The number of nitrogens with one attached hydrogen (secondary N) is 1. The Kier molecular flexibility index (Phi) is 4.92. The summed E-state index contributed by atoms with van der Waals surface area (Å²) in [4.78, 5) is 14.0. The van der Waals surface area contributed by atoms with Crippen LogP contribution in [0, 0.1) is 6.92 Å². The Bertz CT molecular complexity index is 758. The van der Waals surface area contributed by atoms with Gasteiger partial charge in [-0.1, -0.05) is 6.92 Å². The molecule has 5 nitrogen and oxygen atoms in total. The van der Waals surface area contributed by atoms with Gasteiger partial charge < -0.3 is 19.9 Å². The zero-order valence-electron chi connectivity index (χ0n) is 14.9. The lowest BCUT2D eigenvalue weighted by Gasteiger charge is -2.27. The van der Waals surface area contributed by atoms with Crippen LogP contribution in [0.25, 0.3) is 10.9 Å². The fourth-order valence-corrected chi connectivity index (χ4v) is 3.80. The molecule has 2 N–H and O–H groups in total. The van der Waals surface area contributed by atoms with Crippen LogP contribution >= 0.6 is 0 Å². The number of aromatic carboxylic acids is 1. The minimum Gasteiger partial charge on any atom is -0.478 e. The number of aryl methyl sites for hydroxylation is 2. The molecule has 0 radical (unpaired) electrons. The fourth-order valence-electron chi connectivity index (χ4n) is 3.80. The van der Waals surface area contributed by atoms with Crippen LogP contribution in [-0.2, 0) is 19.9 Å². The van der Waals surface area contributed by atoms with Gasteiger partial charge in [0.15, 0.2) is 0 Å². The van der Waals surface area contributed by atoms with Gasteiger partial charge in [-0.15, -0.1) is 0 Å². The number of aromatic nitrogens is 1. The van der Waals surface area contributed by atoms with E-state index in [-0.39, 0.29) is 0 Å². The van der Waals surface area contributed by atoms with Gasteiger partial charge in [-0.25, -0.2) is 4.79 Å². The largest absolute Gasteiger partial charge is 0.478 e. The van der Waals surface area contributed by atoms with Crippen LogP contribution in [0.15, 0.2) is 12.1 Å². The molecule has 2 aromatic rings. The molecular weight excluding hydrogens is 302 g/mol. The van der Waals surface area contributed by atoms with Crippen molar-refractivity contribution in [1.82, 2.24) is 14.8 Å². The number of fused-ring (bicyclic) bond motifs is 1. The molecule has 5 heteroatoms. The monoisotopic (exact) mass is 329 g/mol. The van der Waals surface area contributed by atoms with Crippen LogP contribution in [-0.4, -0.2) is 53.3 Å². The van der Waals surface area contributed by atoms with Crippen molar-refractivity contribution in [2.24, 2.45) is 7.05 Å². The van der Waals surface area contributed by atoms with Crippen LogP contribution in [0.1, 0.15) is 34.1 Å². The second kappa shape index (κ2) is 6.95. The van der Waals surface area contributed by atoms with E-state index in [0.717, 1.165) is 56.5 Å². The molecule has 0 amide bonds. The molecular formula is C19H27N3O2. The average Bonchev–Trinajstić information content (AvgIpc) is 2.84. The summed E-state index contributed by atoms with van der Waals surface area (Å²) in [5.41, 5.74) is 5.24. The highest BCUT2D eigenvalue weighted by Gasteiger charge is 2.18. The van der Waals surface area contributed by atoms with E-state index < -0.39 is 5.97 Å². The minimum atomic E-state index is -0.846. The lowest BCUT2D eigenvalue weighted by molar-refractivity contribution is 0.0697. The molecule has 1 aromatic carbocycles. The highest BCUT2D eigenvalue weighted by Crippen LogP contribution is 2.30. The number of carboxylic acid groups (broad SMARTS) is 1. The summed E-state index contributed by atoms with van der Waals surface area (Å²) in [6, 6.07) is 3.68. The molecule has 0 spiro atoms. The molecule has 130 valence electrons. The van der Waals surface area contributed by atoms with E-state index in [4.69, 9.17) is 0 Å². The Balaban J connectivity index is 2.01. The Labute approximate surface area is 143 Å². The third-order valence-corrected chi connectivity index (χ3v) is 5.30. The first kappa shape index (κ1) is 17.0. The Hall–Kier alpha value is -1.85. The first-order valence-electron chi connectivity index (χ1n) is 8.80. The maximum absolute atomic E-state index is 11.5. The highest BCUT2D eigenvalue weighted by molar-refractivity contribution is 5.97. The van der Waals surface area contributed by atoms with Gasteiger partial charge in [0, 0.05) is 50.9 Å². The topological polar surface area (TPSA) is 57.5 Å². The molecule has 1 fully saturated rings. The van der Waals surface area contributed by atoms with E-state index in [2.05, 4.69) is 35.7 Å². The van der Waals surface area contributed by atoms with Crippen LogP contribution in [0.2, 0.25) is 0 Å². The predicted molar refractivity (Wildman–Crippen MR) is 97.0 cm³/mol. The molecule has 0 unspecified atom stereocenters. The maximum Gasteiger partial charge on any atom is 0.335 e. The number of carbonyl (C=O) groups is 1. The van der Waals surface area contributed by atoms with Crippen LogP contribution < -0.4 is 5.32 Å². The number of carboxylic acids is 1. The maximum atomic E-state index is 11.5. The number of rotatable bonds is 5. The van der Waals surface area contributed by atoms with Crippen molar-refractivity contribution in [1.29, 1.82) is 0 Å². The first-order valence-corrected chi connectivity index (χ1v) is 8.80. The lowest BCUT2D eigenvalue weighted by atomic mass is 10.0. The molecule has 0 atom stereocenters. The van der Waals surface area contributed by atoms with Crippen LogP contribution in [0.4, 0.5) is 0 Å². The van der Waals surface area contributed by atoms with E-state index in [1.54, 1.807) is 0 Å². The van der Waals surface area contributed by atoms with Gasteiger partial charge in [-0.2, -0.15) is 0 Å². The number of benzene rings is 1. The van der Waals surface area contributed by atoms with Gasteiger partial charge in [-0.05, 0) is 43.0 Å². The minimum absolute atomic E-state index is 0.397. The van der Waals surface area contributed by atoms with Crippen molar-refractivity contribution in [3.63, 3.8) is 0 Å². The van der Waals surface area contributed by atoms with E-state index >= 15 is 0 Å². The quantitative estimate of drug-likeness (QED) is 0.883. The third kappa shape index (κ3) is 3.06. The fraction of sp³-hybridized carbons (Fsp3) is 0.526. The molecule has 3 rings (SSSR count). The first-order chi connectivity index (χ1) is 11.5. The second-order valence-corrected chi connectivity index (χ2v) is 6.65. The molecule has 1 aliphatic heterocycles. The predicted octanol–water partition coefficient (Wildman–Crippen LogP) is 2.20. The van der Waals surface area contributed by atoms with Crippen LogP contribution in [0.3, 0.4) is 0 Å². The summed E-state index contributed by atoms with van der Waals surface area (Å²) in [5, 5.41) is 13.9. The Morgan fingerprint density at radius 1 is 1.29 bits per heavy atom. The summed E-state index contributed by atoms with van der Waals surface area (Å²) in [5.74, 6) is -0.846. The molecule has 24 heavy (non-hydrogen) atoms. The summed E-state index contributed by atoms with van der Waals surface area (Å²) in [6.45, 7) is 9.54. The second-order valence-electron chi connectivity index (χ2n) is 6.65. The molecule has 0 saturated carbocycles. The lowest BCUT2D eigenvalue weighted by Crippen LogP contribution is -2.44. The summed E-state index contributed by atoms with van der Waals surface area (Å²) < 4.78 is 2.23. The van der Waals surface area contributed by atoms with E-state index in [9.17, 15) is 9.90 Å². The van der Waals surface area contributed by atoms with Gasteiger partial charge in [0.25, 0.3) is 0 Å². The third-order valence-electron chi connectivity index (χ3n) is 5.30. The Morgan fingerprint density at radius 2 is 2.00 bits per heavy atom. The SMILES string of the molecule is CCc1cc(C(=O)O)cc2c(CCN3CCNCC3)c(C)n(C)c12. The van der Waals surface area contributed by atoms with Gasteiger partial charge in [0.05, 0.1) is 11.1 Å². The standard InChI is InChI=1S/C19H27N3O2/c1-4-14-11-15(19(23)24)12-17-16(13(2)21(3)18(14)17)5-8-22-9-6-20-7-10-22/h11-12,20H,4-10H2,1-3H3,(H,23,24). The van der Waals surface area contributed by atoms with Crippen molar-refractivity contribution in [2.75, 3.05) is 32.7 Å². The van der Waals surface area contributed by atoms with Gasteiger partial charge >= 0.3 is 5.97 Å². The smallest absolute Gasteiger partial charge is 0.335 e. The average molecular weight is 329 g/mol. The van der Waals surface area contributed by atoms with E-state index in [0.29, 0.717) is 5.56 Å². The zero-order valence-corrected chi connectivity index (χ0v) is 14.9. The van der Waals surface area contributed by atoms with Crippen molar-refractivity contribution >= 4 is 16.9 Å². The van der Waals surface area contributed by atoms with Crippen molar-refractivity contribution in [3.8, 4) is 0 Å². The van der Waals surface area contributed by atoms with Crippen molar-refractivity contribution in [3.05, 3.63) is 34.5 Å². The molecule has 1 aliphatic rings. The molecule has 1 saturated heterocycles. The molecule has 0 aliphatic carbocycles. The van der Waals surface area contributed by atoms with Crippen molar-refractivity contribution < 1.29 is 9.90 Å². The van der Waals surface area contributed by atoms with Crippen molar-refractivity contribution in [2.45, 2.75) is 26.7 Å². The Morgan fingerprint density at radius 3 is 2.62 bits per heavy atom. The van der Waals surface area contributed by atoms with Crippen LogP contribution in [0.5, 0.6) is 0 Å². The van der Waals surface area contributed by atoms with Gasteiger partial charge in [0.2, 0.25) is 0 Å². The normalized spacial score (nSPS) is 16.0.